The fraction of sp³-hybridized carbons (Fsp3) is 0.333. The van der Waals surface area contributed by atoms with Crippen molar-refractivity contribution in [2.45, 2.75) is 25.2 Å². The Morgan fingerprint density at radius 2 is 1.94 bits per heavy atom. The van der Waals surface area contributed by atoms with Crippen LogP contribution in [0, 0.1) is 0 Å². The van der Waals surface area contributed by atoms with Gasteiger partial charge in [0.25, 0.3) is 0 Å². The van der Waals surface area contributed by atoms with Gasteiger partial charge < -0.3 is 0 Å². The zero-order valence-electron chi connectivity index (χ0n) is 8.58. The molecule has 0 aliphatic heterocycles. The number of rotatable bonds is 1. The van der Waals surface area contributed by atoms with Gasteiger partial charge in [-0.3, -0.25) is 0 Å². The summed E-state index contributed by atoms with van der Waals surface area (Å²) >= 11 is 12.1. The van der Waals surface area contributed by atoms with Gasteiger partial charge in [0.15, 0.2) is 0 Å². The first kappa shape index (κ1) is 10.3. The molecule has 1 saturated carbocycles. The first-order chi connectivity index (χ1) is 7.74. The number of nitrogens with zero attached hydrogens (tertiary/aromatic N) is 2. The summed E-state index contributed by atoms with van der Waals surface area (Å²) in [6.45, 7) is 0. The predicted octanol–water partition coefficient (Wildman–Crippen LogP) is 4.20. The maximum atomic E-state index is 6.15. The topological polar surface area (TPSA) is 25.8 Å². The van der Waals surface area contributed by atoms with Crippen LogP contribution >= 0.6 is 23.2 Å². The average Bonchev–Trinajstić information content (AvgIpc) is 2.17. The first-order valence-electron chi connectivity index (χ1n) is 5.37. The van der Waals surface area contributed by atoms with Gasteiger partial charge in [0.05, 0.1) is 5.52 Å². The van der Waals surface area contributed by atoms with Crippen LogP contribution in [0.15, 0.2) is 18.2 Å². The fourth-order valence-corrected chi connectivity index (χ4v) is 2.34. The quantitative estimate of drug-likeness (QED) is 0.711. The van der Waals surface area contributed by atoms with Crippen LogP contribution in [0.1, 0.15) is 31.0 Å². The van der Waals surface area contributed by atoms with Crippen molar-refractivity contribution in [2.75, 3.05) is 0 Å². The number of aromatic nitrogens is 2. The van der Waals surface area contributed by atoms with Crippen molar-refractivity contribution in [1.29, 1.82) is 0 Å². The molecule has 1 aliphatic rings. The van der Waals surface area contributed by atoms with Crippen LogP contribution in [0.3, 0.4) is 0 Å². The standard InChI is InChI=1S/C12H10Cl2N2/c13-8-4-5-10-9(6-8)11(14)16-12(15-10)7-2-1-3-7/h4-7H,1-3H2. The highest BCUT2D eigenvalue weighted by molar-refractivity contribution is 6.35. The molecule has 1 aromatic carbocycles. The Labute approximate surface area is 104 Å². The zero-order valence-corrected chi connectivity index (χ0v) is 10.1. The van der Waals surface area contributed by atoms with Crippen molar-refractivity contribution in [2.24, 2.45) is 0 Å². The second kappa shape index (κ2) is 3.86. The molecule has 0 amide bonds. The van der Waals surface area contributed by atoms with E-state index in [0.29, 0.717) is 16.1 Å². The van der Waals surface area contributed by atoms with Gasteiger partial charge in [0.1, 0.15) is 11.0 Å². The van der Waals surface area contributed by atoms with Crippen molar-refractivity contribution in [1.82, 2.24) is 9.97 Å². The largest absolute Gasteiger partial charge is 0.232 e. The second-order valence-corrected chi connectivity index (χ2v) is 4.96. The summed E-state index contributed by atoms with van der Waals surface area (Å²) in [4.78, 5) is 8.91. The van der Waals surface area contributed by atoms with Crippen LogP contribution in [0.5, 0.6) is 0 Å². The number of hydrogen-bond acceptors (Lipinski definition) is 2. The molecule has 1 aliphatic carbocycles. The molecule has 16 heavy (non-hydrogen) atoms. The third-order valence-electron chi connectivity index (χ3n) is 3.10. The summed E-state index contributed by atoms with van der Waals surface area (Å²) < 4.78 is 0. The van der Waals surface area contributed by atoms with Crippen molar-refractivity contribution in [3.05, 3.63) is 34.2 Å². The van der Waals surface area contributed by atoms with E-state index in [2.05, 4.69) is 9.97 Å². The van der Waals surface area contributed by atoms with Crippen LogP contribution < -0.4 is 0 Å². The first-order valence-corrected chi connectivity index (χ1v) is 6.12. The number of hydrogen-bond donors (Lipinski definition) is 0. The molecule has 0 radical (unpaired) electrons. The third kappa shape index (κ3) is 1.66. The molecule has 4 heteroatoms. The number of benzene rings is 1. The lowest BCUT2D eigenvalue weighted by molar-refractivity contribution is 0.402. The van der Waals surface area contributed by atoms with Gasteiger partial charge in [-0.2, -0.15) is 0 Å². The molecule has 1 aromatic heterocycles. The zero-order chi connectivity index (χ0) is 11.1. The summed E-state index contributed by atoms with van der Waals surface area (Å²) in [5, 5.41) is 2.00. The molecule has 3 rings (SSSR count). The SMILES string of the molecule is Clc1ccc2nc(C3CCC3)nc(Cl)c2c1. The molecule has 1 fully saturated rings. The van der Waals surface area contributed by atoms with Crippen molar-refractivity contribution in [3.8, 4) is 0 Å². The molecule has 1 heterocycles. The third-order valence-corrected chi connectivity index (χ3v) is 3.62. The Hall–Kier alpha value is -0.860. The maximum absolute atomic E-state index is 6.15. The van der Waals surface area contributed by atoms with E-state index in [0.717, 1.165) is 16.7 Å². The molecule has 0 bridgehead atoms. The summed E-state index contributed by atoms with van der Waals surface area (Å²) in [6.07, 6.45) is 3.62. The highest BCUT2D eigenvalue weighted by Crippen LogP contribution is 2.36. The molecule has 2 nitrogen and oxygen atoms in total. The van der Waals surface area contributed by atoms with Gasteiger partial charge in [-0.15, -0.1) is 0 Å². The minimum absolute atomic E-state index is 0.498. The number of fused-ring (bicyclic) bond motifs is 1. The molecule has 2 aromatic rings. The lowest BCUT2D eigenvalue weighted by Crippen LogP contribution is -2.12. The van der Waals surface area contributed by atoms with Gasteiger partial charge in [-0.1, -0.05) is 29.6 Å². The lowest BCUT2D eigenvalue weighted by Gasteiger charge is -2.23. The van der Waals surface area contributed by atoms with E-state index in [1.54, 1.807) is 0 Å². The highest BCUT2D eigenvalue weighted by Gasteiger charge is 2.23. The Balaban J connectivity index is 2.17. The van der Waals surface area contributed by atoms with E-state index in [1.165, 1.54) is 19.3 Å². The Morgan fingerprint density at radius 3 is 2.62 bits per heavy atom. The van der Waals surface area contributed by atoms with E-state index in [4.69, 9.17) is 23.2 Å². The maximum Gasteiger partial charge on any atom is 0.140 e. The van der Waals surface area contributed by atoms with Crippen molar-refractivity contribution >= 4 is 34.1 Å². The number of halogens is 2. The minimum Gasteiger partial charge on any atom is -0.232 e. The molecule has 0 atom stereocenters. The molecule has 0 spiro atoms. The highest BCUT2D eigenvalue weighted by atomic mass is 35.5. The Bertz CT molecular complexity index is 550. The molecule has 0 N–H and O–H groups in total. The van der Waals surface area contributed by atoms with Gasteiger partial charge in [-0.25, -0.2) is 9.97 Å². The summed E-state index contributed by atoms with van der Waals surface area (Å²) in [5.74, 6) is 1.38. The van der Waals surface area contributed by atoms with Crippen LogP contribution in [0.2, 0.25) is 10.2 Å². The van der Waals surface area contributed by atoms with Crippen LogP contribution in [-0.2, 0) is 0 Å². The second-order valence-electron chi connectivity index (χ2n) is 4.16. The van der Waals surface area contributed by atoms with E-state index in [1.807, 2.05) is 18.2 Å². The van der Waals surface area contributed by atoms with Crippen molar-refractivity contribution in [3.63, 3.8) is 0 Å². The Kier molecular flexibility index (Phi) is 2.49. The molecule has 0 saturated heterocycles. The van der Waals surface area contributed by atoms with E-state index >= 15 is 0 Å². The average molecular weight is 253 g/mol. The summed E-state index contributed by atoms with van der Waals surface area (Å²) in [5.41, 5.74) is 0.881. The van der Waals surface area contributed by atoms with Crippen LogP contribution in [-0.4, -0.2) is 9.97 Å². The predicted molar refractivity (Wildman–Crippen MR) is 66.2 cm³/mol. The molecular formula is C12H10Cl2N2. The van der Waals surface area contributed by atoms with Crippen molar-refractivity contribution < 1.29 is 0 Å². The molecule has 82 valence electrons. The van der Waals surface area contributed by atoms with E-state index in [-0.39, 0.29) is 0 Å². The smallest absolute Gasteiger partial charge is 0.140 e. The van der Waals surface area contributed by atoms with Gasteiger partial charge in [-0.05, 0) is 31.0 Å². The minimum atomic E-state index is 0.498. The van der Waals surface area contributed by atoms with Gasteiger partial charge >= 0.3 is 0 Å². The lowest BCUT2D eigenvalue weighted by atomic mass is 9.85. The monoisotopic (exact) mass is 252 g/mol. The van der Waals surface area contributed by atoms with E-state index in [9.17, 15) is 0 Å². The van der Waals surface area contributed by atoms with Crippen LogP contribution in [0.4, 0.5) is 0 Å². The van der Waals surface area contributed by atoms with Gasteiger partial charge in [0, 0.05) is 16.3 Å². The molecular weight excluding hydrogens is 243 g/mol. The van der Waals surface area contributed by atoms with Gasteiger partial charge in [0.2, 0.25) is 0 Å². The fourth-order valence-electron chi connectivity index (χ4n) is 1.93. The molecule has 0 unspecified atom stereocenters. The normalized spacial score (nSPS) is 16.4. The summed E-state index contributed by atoms with van der Waals surface area (Å²) in [6, 6.07) is 5.54. The van der Waals surface area contributed by atoms with Crippen LogP contribution in [0.25, 0.3) is 10.9 Å². The van der Waals surface area contributed by atoms with E-state index < -0.39 is 0 Å². The summed E-state index contributed by atoms with van der Waals surface area (Å²) in [7, 11) is 0. The Morgan fingerprint density at radius 1 is 1.12 bits per heavy atom.